The summed E-state index contributed by atoms with van der Waals surface area (Å²) in [5.74, 6) is -0.586. The van der Waals surface area contributed by atoms with Gasteiger partial charge in [-0.3, -0.25) is 9.48 Å². The summed E-state index contributed by atoms with van der Waals surface area (Å²) >= 11 is 7.65. The smallest absolute Gasteiger partial charge is 0.383 e. The minimum Gasteiger partial charge on any atom is -0.383 e. The van der Waals surface area contributed by atoms with E-state index in [1.165, 1.54) is 35.4 Å². The second-order valence-corrected chi connectivity index (χ2v) is 9.40. The second kappa shape index (κ2) is 9.32. The van der Waals surface area contributed by atoms with Crippen LogP contribution in [0.25, 0.3) is 11.1 Å². The summed E-state index contributed by atoms with van der Waals surface area (Å²) in [5, 5.41) is 3.80. The first kappa shape index (κ1) is 23.5. The topological polar surface area (TPSA) is 47.4 Å². The highest BCUT2D eigenvalue weighted by molar-refractivity contribution is 7.16. The van der Waals surface area contributed by atoms with Crippen LogP contribution in [0.3, 0.4) is 0 Å². The number of nitrogens with zero attached hydrogens (tertiary/aromatic N) is 3. The third-order valence-corrected chi connectivity index (χ3v) is 6.86. The zero-order valence-corrected chi connectivity index (χ0v) is 19.3. The number of amides is 1. The van der Waals surface area contributed by atoms with E-state index < -0.39 is 11.9 Å². The van der Waals surface area contributed by atoms with Crippen molar-refractivity contribution in [3.05, 3.63) is 75.2 Å². The van der Waals surface area contributed by atoms with Gasteiger partial charge in [0, 0.05) is 36.2 Å². The molecule has 0 N–H and O–H groups in total. The molecule has 0 unspecified atom stereocenters. The molecule has 174 valence electrons. The van der Waals surface area contributed by atoms with Crippen molar-refractivity contribution in [3.8, 4) is 11.1 Å². The standard InChI is InChI=1S/C23H21ClF3N3O2S/c1-3-21(31)29-11-17(16-10-20(24)33-19(16)13-29)14-6-4-5-7-15(14)18-12-30(8-9-32-2)28-22(18)23(25,26)27/h3-7,10,12,17H,1,8-9,11,13H2,2H3/t17-/m0/s1. The summed E-state index contributed by atoms with van der Waals surface area (Å²) < 4.78 is 48.5. The molecule has 0 radical (unpaired) electrons. The number of fused-ring (bicyclic) bond motifs is 1. The summed E-state index contributed by atoms with van der Waals surface area (Å²) in [6.45, 7) is 4.69. The maximum atomic E-state index is 13.9. The molecule has 1 aliphatic heterocycles. The Morgan fingerprint density at radius 1 is 1.33 bits per heavy atom. The van der Waals surface area contributed by atoms with E-state index in [2.05, 4.69) is 11.7 Å². The lowest BCUT2D eigenvalue weighted by molar-refractivity contribution is -0.141. The van der Waals surface area contributed by atoms with Crippen molar-refractivity contribution in [2.24, 2.45) is 0 Å². The molecule has 1 aliphatic rings. The Balaban J connectivity index is 1.86. The normalized spacial score (nSPS) is 16.0. The maximum absolute atomic E-state index is 13.9. The van der Waals surface area contributed by atoms with E-state index in [-0.39, 0.29) is 30.5 Å². The molecule has 0 saturated carbocycles. The number of carbonyl (C=O) groups is 1. The molecule has 10 heteroatoms. The fraction of sp³-hybridized carbons (Fsp3) is 0.304. The van der Waals surface area contributed by atoms with Crippen LogP contribution in [0.5, 0.6) is 0 Å². The van der Waals surface area contributed by atoms with Crippen LogP contribution in [-0.4, -0.2) is 40.8 Å². The number of hydrogen-bond acceptors (Lipinski definition) is 4. The average Bonchev–Trinajstić information content (AvgIpc) is 3.39. The Labute approximate surface area is 198 Å². The lowest BCUT2D eigenvalue weighted by atomic mass is 9.84. The maximum Gasteiger partial charge on any atom is 0.435 e. The van der Waals surface area contributed by atoms with Gasteiger partial charge in [0.15, 0.2) is 5.69 Å². The van der Waals surface area contributed by atoms with E-state index >= 15 is 0 Å². The Morgan fingerprint density at radius 2 is 2.09 bits per heavy atom. The highest BCUT2D eigenvalue weighted by Crippen LogP contribution is 2.44. The van der Waals surface area contributed by atoms with Gasteiger partial charge in [-0.05, 0) is 28.8 Å². The number of benzene rings is 1. The molecule has 1 atom stereocenters. The van der Waals surface area contributed by atoms with Gasteiger partial charge in [0.25, 0.3) is 0 Å². The number of hydrogen-bond donors (Lipinski definition) is 0. The number of ether oxygens (including phenoxy) is 1. The first-order valence-electron chi connectivity index (χ1n) is 10.1. The third-order valence-electron chi connectivity index (χ3n) is 5.59. The van der Waals surface area contributed by atoms with Crippen LogP contribution in [0.1, 0.15) is 27.6 Å². The van der Waals surface area contributed by atoms with Crippen molar-refractivity contribution in [1.29, 1.82) is 0 Å². The van der Waals surface area contributed by atoms with Crippen molar-refractivity contribution in [2.45, 2.75) is 25.2 Å². The Morgan fingerprint density at radius 3 is 2.79 bits per heavy atom. The van der Waals surface area contributed by atoms with Crippen molar-refractivity contribution < 1.29 is 22.7 Å². The van der Waals surface area contributed by atoms with Crippen LogP contribution in [-0.2, 0) is 28.8 Å². The van der Waals surface area contributed by atoms with Crippen molar-refractivity contribution in [1.82, 2.24) is 14.7 Å². The predicted molar refractivity (Wildman–Crippen MR) is 121 cm³/mol. The fourth-order valence-electron chi connectivity index (χ4n) is 4.12. The van der Waals surface area contributed by atoms with E-state index in [0.29, 0.717) is 28.6 Å². The van der Waals surface area contributed by atoms with Crippen LogP contribution in [0.4, 0.5) is 13.2 Å². The first-order chi connectivity index (χ1) is 15.7. The van der Waals surface area contributed by atoms with Gasteiger partial charge in [-0.25, -0.2) is 0 Å². The minimum absolute atomic E-state index is 0.00995. The molecule has 0 fully saturated rings. The monoisotopic (exact) mass is 495 g/mol. The molecule has 0 bridgehead atoms. The third kappa shape index (κ3) is 4.71. The molecule has 3 aromatic rings. The van der Waals surface area contributed by atoms with Crippen LogP contribution < -0.4 is 0 Å². The van der Waals surface area contributed by atoms with Crippen molar-refractivity contribution in [2.75, 3.05) is 20.3 Å². The minimum atomic E-state index is -4.63. The molecule has 2 aromatic heterocycles. The highest BCUT2D eigenvalue weighted by atomic mass is 35.5. The molecule has 4 rings (SSSR count). The number of rotatable bonds is 6. The molecular formula is C23H21ClF3N3O2S. The van der Waals surface area contributed by atoms with Gasteiger partial charge >= 0.3 is 6.18 Å². The molecular weight excluding hydrogens is 475 g/mol. The highest BCUT2D eigenvalue weighted by Gasteiger charge is 2.39. The summed E-state index contributed by atoms with van der Waals surface area (Å²) in [6.07, 6.45) is -1.99. The van der Waals surface area contributed by atoms with Gasteiger partial charge in [-0.2, -0.15) is 18.3 Å². The summed E-state index contributed by atoms with van der Waals surface area (Å²) in [5.41, 5.74) is 1.05. The fourth-order valence-corrected chi connectivity index (χ4v) is 5.48. The Hall–Kier alpha value is -2.62. The van der Waals surface area contributed by atoms with Gasteiger partial charge in [-0.15, -0.1) is 11.3 Å². The van der Waals surface area contributed by atoms with Crippen LogP contribution in [0.15, 0.2) is 49.2 Å². The number of thiophene rings is 1. The molecule has 0 spiro atoms. The first-order valence-corrected chi connectivity index (χ1v) is 11.3. The molecule has 1 amide bonds. The van der Waals surface area contributed by atoms with Gasteiger partial charge in [0.1, 0.15) is 0 Å². The largest absolute Gasteiger partial charge is 0.435 e. The molecule has 3 heterocycles. The van der Waals surface area contributed by atoms with Gasteiger partial charge in [0.05, 0.1) is 24.0 Å². The Bertz CT molecular complexity index is 1190. The zero-order chi connectivity index (χ0) is 23.8. The van der Waals surface area contributed by atoms with E-state index in [1.54, 1.807) is 29.2 Å². The van der Waals surface area contributed by atoms with Crippen LogP contribution in [0, 0.1) is 0 Å². The quantitative estimate of drug-likeness (QED) is 0.419. The number of halogens is 4. The number of methoxy groups -OCH3 is 1. The molecule has 0 saturated heterocycles. The number of carbonyl (C=O) groups excluding carboxylic acids is 1. The molecule has 5 nitrogen and oxygen atoms in total. The van der Waals surface area contributed by atoms with Crippen molar-refractivity contribution >= 4 is 28.8 Å². The second-order valence-electron chi connectivity index (χ2n) is 7.64. The van der Waals surface area contributed by atoms with Gasteiger partial charge in [-0.1, -0.05) is 42.4 Å². The van der Waals surface area contributed by atoms with E-state index in [9.17, 15) is 18.0 Å². The van der Waals surface area contributed by atoms with Crippen molar-refractivity contribution in [3.63, 3.8) is 0 Å². The van der Waals surface area contributed by atoms with E-state index in [4.69, 9.17) is 16.3 Å². The summed E-state index contributed by atoms with van der Waals surface area (Å²) in [4.78, 5) is 15.0. The number of aromatic nitrogens is 2. The SMILES string of the molecule is C=CC(=O)N1Cc2sc(Cl)cc2[C@H](c2ccccc2-c2cn(CCOC)nc2C(F)(F)F)C1. The lowest BCUT2D eigenvalue weighted by Gasteiger charge is -2.33. The molecule has 1 aromatic carbocycles. The molecule has 0 aliphatic carbocycles. The lowest BCUT2D eigenvalue weighted by Crippen LogP contribution is -2.37. The van der Waals surface area contributed by atoms with Gasteiger partial charge in [0.2, 0.25) is 5.91 Å². The summed E-state index contributed by atoms with van der Waals surface area (Å²) in [6, 6.07) is 8.77. The average molecular weight is 496 g/mol. The van der Waals surface area contributed by atoms with E-state index in [1.807, 2.05) is 6.07 Å². The van der Waals surface area contributed by atoms with Crippen LogP contribution in [0.2, 0.25) is 4.34 Å². The summed E-state index contributed by atoms with van der Waals surface area (Å²) in [7, 11) is 1.48. The van der Waals surface area contributed by atoms with Gasteiger partial charge < -0.3 is 9.64 Å². The zero-order valence-electron chi connectivity index (χ0n) is 17.7. The Kier molecular flexibility index (Phi) is 6.65. The number of alkyl halides is 3. The molecule has 33 heavy (non-hydrogen) atoms. The van der Waals surface area contributed by atoms with Crippen LogP contribution >= 0.6 is 22.9 Å². The predicted octanol–water partition coefficient (Wildman–Crippen LogP) is 5.59. The van der Waals surface area contributed by atoms with E-state index in [0.717, 1.165) is 10.4 Å².